The number of aromatic nitrogens is 3. The van der Waals surface area contributed by atoms with Crippen LogP contribution in [0.5, 0.6) is 0 Å². The van der Waals surface area contributed by atoms with Gasteiger partial charge in [0.25, 0.3) is 5.91 Å². The number of carbonyl (C=O) groups excluding carboxylic acids is 2. The first-order valence-electron chi connectivity index (χ1n) is 9.61. The number of nitrogens with zero attached hydrogens (tertiary/aromatic N) is 3. The molecule has 0 bridgehead atoms. The fraction of sp³-hybridized carbons (Fsp3) is 0.238. The molecule has 0 saturated carbocycles. The number of alkyl halides is 3. The number of hydrogen-bond acceptors (Lipinski definition) is 4. The van der Waals surface area contributed by atoms with Gasteiger partial charge >= 0.3 is 12.2 Å². The zero-order valence-corrected chi connectivity index (χ0v) is 17.3. The molecule has 0 aliphatic carbocycles. The molecule has 32 heavy (non-hydrogen) atoms. The van der Waals surface area contributed by atoms with Crippen LogP contribution in [0.3, 0.4) is 0 Å². The smallest absolute Gasteiger partial charge is 0.351 e. The molecule has 2 aromatic heterocycles. The Bertz CT molecular complexity index is 1110. The number of nitrogens with two attached hydrogens (primary N) is 1. The number of benzene rings is 1. The molecule has 3 aromatic rings. The van der Waals surface area contributed by atoms with Gasteiger partial charge in [-0.1, -0.05) is 26.0 Å². The largest absolute Gasteiger partial charge is 0.417 e. The minimum Gasteiger partial charge on any atom is -0.351 e. The first kappa shape index (κ1) is 22.8. The maximum Gasteiger partial charge on any atom is 0.417 e. The molecule has 0 saturated heterocycles. The normalized spacial score (nSPS) is 11.4. The Morgan fingerprint density at radius 1 is 1.09 bits per heavy atom. The van der Waals surface area contributed by atoms with Gasteiger partial charge in [-0.15, -0.1) is 0 Å². The van der Waals surface area contributed by atoms with Crippen molar-refractivity contribution >= 4 is 17.6 Å². The average Bonchev–Trinajstić information content (AvgIpc) is 3.18. The monoisotopic (exact) mass is 446 g/mol. The van der Waals surface area contributed by atoms with Crippen molar-refractivity contribution in [3.63, 3.8) is 0 Å². The summed E-state index contributed by atoms with van der Waals surface area (Å²) >= 11 is 0. The topological polar surface area (TPSA) is 115 Å². The molecule has 1 aromatic carbocycles. The van der Waals surface area contributed by atoms with Gasteiger partial charge in [-0.2, -0.15) is 18.3 Å². The van der Waals surface area contributed by atoms with E-state index in [1.54, 1.807) is 24.3 Å². The Labute approximate surface area is 181 Å². The van der Waals surface area contributed by atoms with Gasteiger partial charge in [0.1, 0.15) is 0 Å². The molecule has 0 atom stereocenters. The molecule has 2 heterocycles. The van der Waals surface area contributed by atoms with E-state index in [1.807, 2.05) is 13.8 Å². The van der Waals surface area contributed by atoms with E-state index >= 15 is 0 Å². The third-order valence-corrected chi connectivity index (χ3v) is 4.56. The van der Waals surface area contributed by atoms with Gasteiger partial charge in [-0.25, -0.2) is 14.5 Å². The molecule has 0 unspecified atom stereocenters. The number of pyridine rings is 1. The number of rotatable bonds is 6. The third kappa shape index (κ3) is 5.23. The Kier molecular flexibility index (Phi) is 6.47. The van der Waals surface area contributed by atoms with Gasteiger partial charge in [0.2, 0.25) is 0 Å². The van der Waals surface area contributed by atoms with Gasteiger partial charge in [-0.05, 0) is 35.7 Å². The van der Waals surface area contributed by atoms with Crippen molar-refractivity contribution < 1.29 is 22.8 Å². The van der Waals surface area contributed by atoms with Crippen LogP contribution in [0.2, 0.25) is 0 Å². The van der Waals surface area contributed by atoms with Gasteiger partial charge in [0.05, 0.1) is 23.0 Å². The Hall–Kier alpha value is -3.89. The molecular formula is C21H21F3N6O2. The average molecular weight is 446 g/mol. The predicted octanol–water partition coefficient (Wildman–Crippen LogP) is 3.83. The van der Waals surface area contributed by atoms with Crippen molar-refractivity contribution in [2.24, 2.45) is 5.73 Å². The van der Waals surface area contributed by atoms with Crippen LogP contribution < -0.4 is 16.4 Å². The zero-order valence-electron chi connectivity index (χ0n) is 17.3. The summed E-state index contributed by atoms with van der Waals surface area (Å²) in [5.74, 6) is -0.356. The van der Waals surface area contributed by atoms with Crippen molar-refractivity contribution in [3.8, 4) is 5.82 Å². The summed E-state index contributed by atoms with van der Waals surface area (Å²) in [4.78, 5) is 27.5. The molecule has 0 aliphatic heterocycles. The number of carbonyl (C=O) groups is 2. The fourth-order valence-electron chi connectivity index (χ4n) is 3.08. The summed E-state index contributed by atoms with van der Waals surface area (Å²) in [5, 5.41) is 9.41. The number of nitrogens with one attached hydrogen (secondary N) is 2. The van der Waals surface area contributed by atoms with E-state index in [0.29, 0.717) is 16.9 Å². The summed E-state index contributed by atoms with van der Waals surface area (Å²) in [6.45, 7) is 3.91. The van der Waals surface area contributed by atoms with Gasteiger partial charge in [0.15, 0.2) is 5.82 Å². The quantitative estimate of drug-likeness (QED) is 0.534. The first-order valence-corrected chi connectivity index (χ1v) is 9.61. The molecule has 3 amide bonds. The van der Waals surface area contributed by atoms with E-state index in [9.17, 15) is 22.8 Å². The van der Waals surface area contributed by atoms with Gasteiger partial charge in [0, 0.05) is 18.4 Å². The van der Waals surface area contributed by atoms with E-state index in [-0.39, 0.29) is 24.2 Å². The lowest BCUT2D eigenvalue weighted by atomic mass is 10.1. The molecule has 0 fully saturated rings. The van der Waals surface area contributed by atoms with Crippen LogP contribution in [0.1, 0.15) is 46.9 Å². The predicted molar refractivity (Wildman–Crippen MR) is 111 cm³/mol. The zero-order chi connectivity index (χ0) is 23.5. The van der Waals surface area contributed by atoms with E-state index in [0.717, 1.165) is 17.8 Å². The molecule has 0 radical (unpaired) electrons. The molecule has 0 aliphatic rings. The van der Waals surface area contributed by atoms with Crippen molar-refractivity contribution in [2.45, 2.75) is 32.5 Å². The van der Waals surface area contributed by atoms with E-state index < -0.39 is 17.8 Å². The van der Waals surface area contributed by atoms with Crippen LogP contribution in [0, 0.1) is 0 Å². The summed E-state index contributed by atoms with van der Waals surface area (Å²) in [5.41, 5.74) is 6.34. The van der Waals surface area contributed by atoms with Crippen LogP contribution in [-0.4, -0.2) is 26.7 Å². The Morgan fingerprint density at radius 3 is 2.31 bits per heavy atom. The number of urea groups is 1. The SMILES string of the molecule is CC(C)c1c(C(=O)NCc2ccc(NC(N)=O)cc2)cnn1-c1ccc(C(F)(F)F)cn1. The highest BCUT2D eigenvalue weighted by Crippen LogP contribution is 2.29. The summed E-state index contributed by atoms with van der Waals surface area (Å²) < 4.78 is 39.8. The molecule has 3 rings (SSSR count). The van der Waals surface area contributed by atoms with Crippen molar-refractivity contribution in [3.05, 3.63) is 71.2 Å². The standard InChI is InChI=1S/C21H21F3N6O2/c1-12(2)18-16(11-28-30(18)17-8-5-14(10-26-17)21(22,23)24)19(31)27-9-13-3-6-15(7-4-13)29-20(25)32/h3-8,10-12H,9H2,1-2H3,(H,27,31)(H3,25,29,32). The van der Waals surface area contributed by atoms with Crippen LogP contribution in [0.4, 0.5) is 23.7 Å². The van der Waals surface area contributed by atoms with Crippen molar-refractivity contribution in [1.29, 1.82) is 0 Å². The molecule has 11 heteroatoms. The minimum absolute atomic E-state index is 0.151. The summed E-state index contributed by atoms with van der Waals surface area (Å²) in [6, 6.07) is 8.22. The van der Waals surface area contributed by atoms with Crippen LogP contribution in [0.25, 0.3) is 5.82 Å². The maximum atomic E-state index is 12.8. The Morgan fingerprint density at radius 2 is 1.78 bits per heavy atom. The number of amides is 3. The second-order valence-electron chi connectivity index (χ2n) is 7.28. The second kappa shape index (κ2) is 9.08. The van der Waals surface area contributed by atoms with E-state index in [2.05, 4.69) is 20.7 Å². The molecular weight excluding hydrogens is 425 g/mol. The van der Waals surface area contributed by atoms with Gasteiger partial charge < -0.3 is 16.4 Å². The molecule has 0 spiro atoms. The number of anilines is 1. The van der Waals surface area contributed by atoms with Crippen LogP contribution in [-0.2, 0) is 12.7 Å². The van der Waals surface area contributed by atoms with Crippen LogP contribution >= 0.6 is 0 Å². The van der Waals surface area contributed by atoms with Crippen molar-refractivity contribution in [2.75, 3.05) is 5.32 Å². The number of halogens is 3. The second-order valence-corrected chi connectivity index (χ2v) is 7.28. The maximum absolute atomic E-state index is 12.8. The van der Waals surface area contributed by atoms with E-state index in [4.69, 9.17) is 5.73 Å². The van der Waals surface area contributed by atoms with E-state index in [1.165, 1.54) is 16.9 Å². The van der Waals surface area contributed by atoms with Gasteiger partial charge in [-0.3, -0.25) is 4.79 Å². The number of hydrogen-bond donors (Lipinski definition) is 3. The summed E-state index contributed by atoms with van der Waals surface area (Å²) in [6.07, 6.45) is -2.39. The van der Waals surface area contributed by atoms with Crippen molar-refractivity contribution in [1.82, 2.24) is 20.1 Å². The lowest BCUT2D eigenvalue weighted by Crippen LogP contribution is -2.24. The first-order chi connectivity index (χ1) is 15.1. The summed E-state index contributed by atoms with van der Waals surface area (Å²) in [7, 11) is 0. The molecule has 8 nitrogen and oxygen atoms in total. The molecule has 4 N–H and O–H groups in total. The van der Waals surface area contributed by atoms with Crippen LogP contribution in [0.15, 0.2) is 48.8 Å². The fourth-order valence-corrected chi connectivity index (χ4v) is 3.08. The lowest BCUT2D eigenvalue weighted by Gasteiger charge is -2.13. The highest BCUT2D eigenvalue weighted by Gasteiger charge is 2.31. The minimum atomic E-state index is -4.49. The lowest BCUT2D eigenvalue weighted by molar-refractivity contribution is -0.137. The Balaban J connectivity index is 1.77. The highest BCUT2D eigenvalue weighted by molar-refractivity contribution is 5.95. The number of primary amides is 1. The third-order valence-electron chi connectivity index (χ3n) is 4.56. The molecule has 168 valence electrons. The highest BCUT2D eigenvalue weighted by atomic mass is 19.4.